The van der Waals surface area contributed by atoms with E-state index in [9.17, 15) is 0 Å². The maximum atomic E-state index is 4.74. The lowest BCUT2D eigenvalue weighted by molar-refractivity contribution is 0.459. The van der Waals surface area contributed by atoms with E-state index in [-0.39, 0.29) is 0 Å². The fourth-order valence-corrected chi connectivity index (χ4v) is 3.54. The Morgan fingerprint density at radius 2 is 2.17 bits per heavy atom. The summed E-state index contributed by atoms with van der Waals surface area (Å²) in [5, 5.41) is 4.66. The van der Waals surface area contributed by atoms with Gasteiger partial charge in [0.15, 0.2) is 0 Å². The molecule has 3 rings (SSSR count). The highest BCUT2D eigenvalue weighted by Crippen LogP contribution is 2.35. The zero-order valence-electron chi connectivity index (χ0n) is 10.4. The summed E-state index contributed by atoms with van der Waals surface area (Å²) in [6.07, 6.45) is 5.76. The molecule has 0 radical (unpaired) electrons. The molecule has 0 aliphatic carbocycles. The van der Waals surface area contributed by atoms with E-state index >= 15 is 0 Å². The van der Waals surface area contributed by atoms with E-state index in [1.54, 1.807) is 23.9 Å². The first-order valence-electron chi connectivity index (χ1n) is 6.29. The van der Waals surface area contributed by atoms with Crippen LogP contribution in [0.25, 0.3) is 10.6 Å². The van der Waals surface area contributed by atoms with Crippen LogP contribution in [0.5, 0.6) is 0 Å². The number of hydrogen-bond acceptors (Lipinski definition) is 5. The molecule has 0 aromatic carbocycles. The molecule has 0 unspecified atom stereocenters. The molecule has 0 spiro atoms. The molecular formula is C13H16N4S. The number of hydrogen-bond donors (Lipinski definition) is 1. The highest BCUT2D eigenvalue weighted by Gasteiger charge is 2.20. The van der Waals surface area contributed by atoms with Gasteiger partial charge in [0.2, 0.25) is 0 Å². The number of nitrogens with one attached hydrogen (secondary N) is 1. The minimum absolute atomic E-state index is 0.616. The maximum Gasteiger partial charge on any atom is 0.116 e. The zero-order valence-corrected chi connectivity index (χ0v) is 11.2. The summed E-state index contributed by atoms with van der Waals surface area (Å²) in [5.74, 6) is 0.616. The first-order chi connectivity index (χ1) is 8.84. The molecule has 2 aromatic rings. The van der Waals surface area contributed by atoms with Crippen LogP contribution in [0.15, 0.2) is 18.6 Å². The van der Waals surface area contributed by atoms with Crippen molar-refractivity contribution in [1.82, 2.24) is 20.3 Å². The fourth-order valence-electron chi connectivity index (χ4n) is 2.32. The van der Waals surface area contributed by atoms with E-state index in [1.807, 2.05) is 6.07 Å². The Bertz CT molecular complexity index is 517. The SMILES string of the molecule is Cc1nc(C2CCNCC2)sc1-c1ccncn1. The second-order valence-corrected chi connectivity index (χ2v) is 5.62. The van der Waals surface area contributed by atoms with Crippen molar-refractivity contribution in [3.8, 4) is 10.6 Å². The molecule has 18 heavy (non-hydrogen) atoms. The predicted molar refractivity (Wildman–Crippen MR) is 72.7 cm³/mol. The molecule has 1 aliphatic heterocycles. The average molecular weight is 260 g/mol. The first-order valence-corrected chi connectivity index (χ1v) is 7.10. The first kappa shape index (κ1) is 11.7. The Labute approximate surface area is 111 Å². The molecule has 1 aliphatic rings. The molecule has 0 atom stereocenters. The summed E-state index contributed by atoms with van der Waals surface area (Å²) >= 11 is 1.79. The van der Waals surface area contributed by atoms with Gasteiger partial charge in [0, 0.05) is 12.1 Å². The highest BCUT2D eigenvalue weighted by atomic mass is 32.1. The number of piperidine rings is 1. The largest absolute Gasteiger partial charge is 0.317 e. The van der Waals surface area contributed by atoms with Gasteiger partial charge in [0.1, 0.15) is 6.33 Å². The van der Waals surface area contributed by atoms with Crippen LogP contribution in [0.4, 0.5) is 0 Å². The lowest BCUT2D eigenvalue weighted by atomic mass is 9.99. The normalized spacial score (nSPS) is 16.9. The Hall–Kier alpha value is -1.33. The molecule has 1 saturated heterocycles. The van der Waals surface area contributed by atoms with Crippen molar-refractivity contribution >= 4 is 11.3 Å². The van der Waals surface area contributed by atoms with Gasteiger partial charge in [0.25, 0.3) is 0 Å². The van der Waals surface area contributed by atoms with Gasteiger partial charge in [-0.1, -0.05) is 0 Å². The smallest absolute Gasteiger partial charge is 0.116 e. The van der Waals surface area contributed by atoms with Gasteiger partial charge < -0.3 is 5.32 Å². The number of aryl methyl sites for hydroxylation is 1. The van der Waals surface area contributed by atoms with E-state index in [0.717, 1.165) is 24.5 Å². The van der Waals surface area contributed by atoms with Crippen LogP contribution in [0.1, 0.15) is 29.5 Å². The Balaban J connectivity index is 1.91. The summed E-state index contributed by atoms with van der Waals surface area (Å²) < 4.78 is 0. The third-order valence-electron chi connectivity index (χ3n) is 3.32. The van der Waals surface area contributed by atoms with Crippen molar-refractivity contribution in [3.63, 3.8) is 0 Å². The van der Waals surface area contributed by atoms with Crippen LogP contribution in [0.3, 0.4) is 0 Å². The number of aromatic nitrogens is 3. The Kier molecular flexibility index (Phi) is 3.34. The van der Waals surface area contributed by atoms with E-state index in [4.69, 9.17) is 4.98 Å². The van der Waals surface area contributed by atoms with E-state index in [0.29, 0.717) is 5.92 Å². The van der Waals surface area contributed by atoms with Crippen LogP contribution in [-0.2, 0) is 0 Å². The minimum atomic E-state index is 0.616. The van der Waals surface area contributed by atoms with Crippen molar-refractivity contribution < 1.29 is 0 Å². The van der Waals surface area contributed by atoms with Crippen molar-refractivity contribution in [2.75, 3.05) is 13.1 Å². The van der Waals surface area contributed by atoms with Crippen LogP contribution in [0.2, 0.25) is 0 Å². The lowest BCUT2D eigenvalue weighted by Crippen LogP contribution is -2.26. The van der Waals surface area contributed by atoms with Crippen molar-refractivity contribution in [2.24, 2.45) is 0 Å². The van der Waals surface area contributed by atoms with Crippen molar-refractivity contribution in [2.45, 2.75) is 25.7 Å². The summed E-state index contributed by atoms with van der Waals surface area (Å²) in [5.41, 5.74) is 2.08. The number of nitrogens with zero attached hydrogens (tertiary/aromatic N) is 3. The summed E-state index contributed by atoms with van der Waals surface area (Å²) in [6.45, 7) is 4.27. The Morgan fingerprint density at radius 3 is 2.89 bits per heavy atom. The molecule has 1 fully saturated rings. The second kappa shape index (κ2) is 5.12. The lowest BCUT2D eigenvalue weighted by Gasteiger charge is -2.20. The second-order valence-electron chi connectivity index (χ2n) is 4.59. The fraction of sp³-hybridized carbons (Fsp3) is 0.462. The standard InChI is InChI=1S/C13H16N4S/c1-9-12(11-4-7-15-8-16-11)18-13(17-9)10-2-5-14-6-3-10/h4,7-8,10,14H,2-3,5-6H2,1H3. The van der Waals surface area contributed by atoms with E-state index < -0.39 is 0 Å². The topological polar surface area (TPSA) is 50.7 Å². The van der Waals surface area contributed by atoms with Crippen LogP contribution < -0.4 is 5.32 Å². The molecule has 1 N–H and O–H groups in total. The molecule has 3 heterocycles. The summed E-state index contributed by atoms with van der Waals surface area (Å²) in [4.78, 5) is 14.2. The molecule has 0 saturated carbocycles. The molecular weight excluding hydrogens is 244 g/mol. The van der Waals surface area contributed by atoms with Gasteiger partial charge in [-0.2, -0.15) is 0 Å². The third-order valence-corrected chi connectivity index (χ3v) is 4.66. The molecule has 5 heteroatoms. The quantitative estimate of drug-likeness (QED) is 0.900. The van der Waals surface area contributed by atoms with Gasteiger partial charge in [-0.05, 0) is 38.9 Å². The zero-order chi connectivity index (χ0) is 12.4. The van der Waals surface area contributed by atoms with Crippen LogP contribution in [-0.4, -0.2) is 28.0 Å². The van der Waals surface area contributed by atoms with Gasteiger partial charge >= 0.3 is 0 Å². The molecule has 2 aromatic heterocycles. The molecule has 4 nitrogen and oxygen atoms in total. The van der Waals surface area contributed by atoms with Gasteiger partial charge in [-0.15, -0.1) is 11.3 Å². The summed E-state index contributed by atoms with van der Waals surface area (Å²) in [7, 11) is 0. The maximum absolute atomic E-state index is 4.74. The number of rotatable bonds is 2. The number of thiazole rings is 1. The Morgan fingerprint density at radius 1 is 1.33 bits per heavy atom. The van der Waals surface area contributed by atoms with Gasteiger partial charge in [-0.3, -0.25) is 0 Å². The van der Waals surface area contributed by atoms with Gasteiger partial charge in [0.05, 0.1) is 21.3 Å². The van der Waals surface area contributed by atoms with Crippen LogP contribution >= 0.6 is 11.3 Å². The predicted octanol–water partition coefficient (Wildman–Crippen LogP) is 2.38. The summed E-state index contributed by atoms with van der Waals surface area (Å²) in [6, 6.07) is 1.95. The average Bonchev–Trinajstić information content (AvgIpc) is 2.83. The van der Waals surface area contributed by atoms with Crippen LogP contribution in [0, 0.1) is 6.92 Å². The molecule has 94 valence electrons. The van der Waals surface area contributed by atoms with Crippen molar-refractivity contribution in [3.05, 3.63) is 29.3 Å². The van der Waals surface area contributed by atoms with Gasteiger partial charge in [-0.25, -0.2) is 15.0 Å². The highest BCUT2D eigenvalue weighted by molar-refractivity contribution is 7.15. The third kappa shape index (κ3) is 2.28. The molecule has 0 bridgehead atoms. The minimum Gasteiger partial charge on any atom is -0.317 e. The van der Waals surface area contributed by atoms with Crippen molar-refractivity contribution in [1.29, 1.82) is 0 Å². The van der Waals surface area contributed by atoms with E-state index in [2.05, 4.69) is 22.2 Å². The van der Waals surface area contributed by atoms with E-state index in [1.165, 1.54) is 22.7 Å². The molecule has 0 amide bonds. The monoisotopic (exact) mass is 260 g/mol.